The molecule has 0 aliphatic carbocycles. The first kappa shape index (κ1) is 19.6. The Kier molecular flexibility index (Phi) is 5.54. The fourth-order valence-electron chi connectivity index (χ4n) is 4.46. The Balaban J connectivity index is 1.45. The molecule has 4 nitrogen and oxygen atoms in total. The topological polar surface area (TPSA) is 40.6 Å². The molecule has 150 valence electrons. The molecular formula is C22H27FN2O2S. The van der Waals surface area contributed by atoms with Crippen molar-refractivity contribution >= 4 is 10.0 Å². The Hall–Kier alpha value is -1.76. The maximum atomic E-state index is 13.7. The molecule has 0 radical (unpaired) electrons. The lowest BCUT2D eigenvalue weighted by molar-refractivity contribution is 0.167. The molecule has 0 spiro atoms. The van der Waals surface area contributed by atoms with Crippen LogP contribution in [0.3, 0.4) is 0 Å². The molecular weight excluding hydrogens is 375 g/mol. The van der Waals surface area contributed by atoms with Crippen molar-refractivity contribution in [3.63, 3.8) is 0 Å². The monoisotopic (exact) mass is 402 g/mol. The normalized spacial score (nSPS) is 21.4. The van der Waals surface area contributed by atoms with E-state index in [1.165, 1.54) is 23.3 Å². The first-order chi connectivity index (χ1) is 13.4. The molecule has 2 aliphatic heterocycles. The number of hydrogen-bond acceptors (Lipinski definition) is 3. The van der Waals surface area contributed by atoms with Gasteiger partial charge in [0.25, 0.3) is 0 Å². The van der Waals surface area contributed by atoms with Crippen LogP contribution >= 0.6 is 0 Å². The number of hydrogen-bond donors (Lipinski definition) is 0. The Morgan fingerprint density at radius 1 is 1.11 bits per heavy atom. The van der Waals surface area contributed by atoms with E-state index in [-0.39, 0.29) is 4.90 Å². The first-order valence-corrected chi connectivity index (χ1v) is 11.4. The Morgan fingerprint density at radius 3 is 2.71 bits per heavy atom. The van der Waals surface area contributed by atoms with Gasteiger partial charge < -0.3 is 0 Å². The predicted molar refractivity (Wildman–Crippen MR) is 108 cm³/mol. The van der Waals surface area contributed by atoms with Crippen molar-refractivity contribution in [2.45, 2.75) is 37.6 Å². The Labute approximate surface area is 167 Å². The van der Waals surface area contributed by atoms with Gasteiger partial charge in [0.15, 0.2) is 0 Å². The van der Waals surface area contributed by atoms with E-state index in [0.29, 0.717) is 24.6 Å². The SMILES string of the molecule is Cc1ccc(F)cc1S(=O)(=O)N1CCCC(CN2CCc3ccccc3C2)C1. The average Bonchev–Trinajstić information content (AvgIpc) is 2.70. The molecule has 2 aromatic rings. The zero-order valence-electron chi connectivity index (χ0n) is 16.3. The van der Waals surface area contributed by atoms with Gasteiger partial charge in [0.1, 0.15) is 5.82 Å². The van der Waals surface area contributed by atoms with E-state index in [4.69, 9.17) is 0 Å². The second-order valence-corrected chi connectivity index (χ2v) is 9.94. The van der Waals surface area contributed by atoms with Gasteiger partial charge in [-0.1, -0.05) is 30.3 Å². The van der Waals surface area contributed by atoms with Gasteiger partial charge in [-0.05, 0) is 60.9 Å². The molecule has 28 heavy (non-hydrogen) atoms. The molecule has 0 aromatic heterocycles. The van der Waals surface area contributed by atoms with Crippen molar-refractivity contribution in [2.24, 2.45) is 5.92 Å². The number of sulfonamides is 1. The van der Waals surface area contributed by atoms with E-state index in [2.05, 4.69) is 29.2 Å². The van der Waals surface area contributed by atoms with Crippen molar-refractivity contribution in [1.82, 2.24) is 9.21 Å². The van der Waals surface area contributed by atoms with Crippen LogP contribution in [0.4, 0.5) is 4.39 Å². The summed E-state index contributed by atoms with van der Waals surface area (Å²) in [5.74, 6) is -0.202. The van der Waals surface area contributed by atoms with Gasteiger partial charge in [-0.25, -0.2) is 12.8 Å². The van der Waals surface area contributed by atoms with Crippen molar-refractivity contribution in [1.29, 1.82) is 0 Å². The molecule has 1 atom stereocenters. The second kappa shape index (κ2) is 7.93. The quantitative estimate of drug-likeness (QED) is 0.785. The molecule has 1 unspecified atom stereocenters. The van der Waals surface area contributed by atoms with Crippen LogP contribution in [0.15, 0.2) is 47.4 Å². The fourth-order valence-corrected chi connectivity index (χ4v) is 6.25. The molecule has 4 rings (SSSR count). The van der Waals surface area contributed by atoms with Crippen LogP contribution in [-0.4, -0.2) is 43.8 Å². The standard InChI is InChI=1S/C22H27FN2O2S/c1-17-8-9-21(23)13-22(17)28(26,27)25-11-4-5-18(15-25)14-24-12-10-19-6-2-3-7-20(19)16-24/h2-3,6-9,13,18H,4-5,10-12,14-16H2,1H3. The minimum absolute atomic E-state index is 0.0973. The minimum Gasteiger partial charge on any atom is -0.298 e. The van der Waals surface area contributed by atoms with Crippen molar-refractivity contribution in [2.75, 3.05) is 26.2 Å². The van der Waals surface area contributed by atoms with Crippen LogP contribution in [-0.2, 0) is 23.0 Å². The van der Waals surface area contributed by atoms with Crippen molar-refractivity contribution < 1.29 is 12.8 Å². The smallest absolute Gasteiger partial charge is 0.243 e. The lowest BCUT2D eigenvalue weighted by Crippen LogP contribution is -2.44. The van der Waals surface area contributed by atoms with Crippen molar-refractivity contribution in [3.8, 4) is 0 Å². The summed E-state index contributed by atoms with van der Waals surface area (Å²) in [6.07, 6.45) is 2.93. The van der Waals surface area contributed by atoms with Crippen LogP contribution < -0.4 is 0 Å². The molecule has 2 aliphatic rings. The van der Waals surface area contributed by atoms with Gasteiger partial charge in [0.2, 0.25) is 10.0 Å². The molecule has 0 N–H and O–H groups in total. The summed E-state index contributed by atoms with van der Waals surface area (Å²) >= 11 is 0. The first-order valence-electron chi connectivity index (χ1n) is 9.99. The molecule has 2 aromatic carbocycles. The van der Waals surface area contributed by atoms with E-state index >= 15 is 0 Å². The minimum atomic E-state index is -3.66. The Bertz CT molecular complexity index is 961. The maximum Gasteiger partial charge on any atom is 0.243 e. The van der Waals surface area contributed by atoms with E-state index in [0.717, 1.165) is 45.0 Å². The number of rotatable bonds is 4. The van der Waals surface area contributed by atoms with E-state index in [9.17, 15) is 12.8 Å². The Morgan fingerprint density at radius 2 is 1.89 bits per heavy atom. The molecule has 6 heteroatoms. The van der Waals surface area contributed by atoms with Gasteiger partial charge in [-0.2, -0.15) is 4.31 Å². The summed E-state index contributed by atoms with van der Waals surface area (Å²) < 4.78 is 41.4. The van der Waals surface area contributed by atoms with Gasteiger partial charge in [0.05, 0.1) is 4.90 Å². The molecule has 0 bridgehead atoms. The highest BCUT2D eigenvalue weighted by Gasteiger charge is 2.32. The third-order valence-corrected chi connectivity index (χ3v) is 7.98. The second-order valence-electron chi connectivity index (χ2n) is 8.03. The number of piperidine rings is 1. The number of halogens is 1. The summed E-state index contributed by atoms with van der Waals surface area (Å²) in [7, 11) is -3.66. The van der Waals surface area contributed by atoms with Gasteiger partial charge in [-0.3, -0.25) is 4.90 Å². The highest BCUT2D eigenvalue weighted by Crippen LogP contribution is 2.28. The van der Waals surface area contributed by atoms with Crippen molar-refractivity contribution in [3.05, 3.63) is 65.0 Å². The maximum absolute atomic E-state index is 13.7. The summed E-state index contributed by atoms with van der Waals surface area (Å²) in [4.78, 5) is 2.54. The number of fused-ring (bicyclic) bond motifs is 1. The van der Waals surface area contributed by atoms with Crippen LogP contribution in [0.1, 0.15) is 29.5 Å². The highest BCUT2D eigenvalue weighted by molar-refractivity contribution is 7.89. The number of aryl methyl sites for hydroxylation is 1. The zero-order chi connectivity index (χ0) is 19.7. The summed E-state index contributed by atoms with van der Waals surface area (Å²) in [6.45, 7) is 5.60. The molecule has 2 heterocycles. The van der Waals surface area contributed by atoms with Crippen LogP contribution in [0, 0.1) is 18.7 Å². The molecule has 0 saturated carbocycles. The van der Waals surface area contributed by atoms with Crippen LogP contribution in [0.25, 0.3) is 0 Å². The zero-order valence-corrected chi connectivity index (χ0v) is 17.1. The summed E-state index contributed by atoms with van der Waals surface area (Å²) in [5.41, 5.74) is 3.40. The third-order valence-electron chi connectivity index (χ3n) is 5.98. The largest absolute Gasteiger partial charge is 0.298 e. The molecule has 1 saturated heterocycles. The summed E-state index contributed by atoms with van der Waals surface area (Å²) in [6, 6.07) is 12.5. The highest BCUT2D eigenvalue weighted by atomic mass is 32.2. The predicted octanol–water partition coefficient (Wildman–Crippen LogP) is 3.59. The van der Waals surface area contributed by atoms with E-state index < -0.39 is 15.8 Å². The number of nitrogens with zero attached hydrogens (tertiary/aromatic N) is 2. The average molecular weight is 403 g/mol. The lowest BCUT2D eigenvalue weighted by Gasteiger charge is -2.37. The van der Waals surface area contributed by atoms with Gasteiger partial charge in [0, 0.05) is 32.7 Å². The van der Waals surface area contributed by atoms with E-state index in [1.807, 2.05) is 0 Å². The van der Waals surface area contributed by atoms with E-state index in [1.54, 1.807) is 11.2 Å². The number of benzene rings is 2. The molecule has 0 amide bonds. The van der Waals surface area contributed by atoms with Gasteiger partial charge >= 0.3 is 0 Å². The van der Waals surface area contributed by atoms with Crippen LogP contribution in [0.5, 0.6) is 0 Å². The fraction of sp³-hybridized carbons (Fsp3) is 0.455. The molecule has 1 fully saturated rings. The van der Waals surface area contributed by atoms with Crippen LogP contribution in [0.2, 0.25) is 0 Å². The van der Waals surface area contributed by atoms with Gasteiger partial charge in [-0.15, -0.1) is 0 Å². The third kappa shape index (κ3) is 4.00. The summed E-state index contributed by atoms with van der Waals surface area (Å²) in [5, 5.41) is 0. The lowest BCUT2D eigenvalue weighted by atomic mass is 9.95.